The second-order valence-electron chi connectivity index (χ2n) is 6.14. The van der Waals surface area contributed by atoms with Crippen LogP contribution in [-0.2, 0) is 16.4 Å². The largest absolute Gasteiger partial charge is 0.478 e. The van der Waals surface area contributed by atoms with Crippen LogP contribution in [0, 0.1) is 0 Å². The fourth-order valence-corrected chi connectivity index (χ4v) is 4.75. The quantitative estimate of drug-likeness (QED) is 0.898. The van der Waals surface area contributed by atoms with Crippen LogP contribution in [0.2, 0.25) is 0 Å². The summed E-state index contributed by atoms with van der Waals surface area (Å²) in [6.45, 7) is 0.622. The van der Waals surface area contributed by atoms with E-state index in [4.69, 9.17) is 5.11 Å². The van der Waals surface area contributed by atoms with Crippen molar-refractivity contribution in [3.05, 3.63) is 35.4 Å². The van der Waals surface area contributed by atoms with Gasteiger partial charge in [0.25, 0.3) is 0 Å². The van der Waals surface area contributed by atoms with E-state index in [1.807, 2.05) is 7.05 Å². The van der Waals surface area contributed by atoms with Crippen molar-refractivity contribution in [1.29, 1.82) is 0 Å². The molecule has 0 aromatic heterocycles. The standard InChI is InChI=1S/C16H23NO4S/c1-17(11-12-7-9-13(10-8-12)16(18)19)14-5-3-4-6-15(14)22(2,20)21/h7-10,14-15H,3-6,11H2,1-2H3,(H,18,19). The summed E-state index contributed by atoms with van der Waals surface area (Å²) in [5.41, 5.74) is 1.25. The van der Waals surface area contributed by atoms with Gasteiger partial charge in [-0.25, -0.2) is 13.2 Å². The van der Waals surface area contributed by atoms with Gasteiger partial charge in [-0.3, -0.25) is 4.90 Å². The van der Waals surface area contributed by atoms with Crippen molar-refractivity contribution in [1.82, 2.24) is 4.90 Å². The van der Waals surface area contributed by atoms with E-state index in [1.165, 1.54) is 6.26 Å². The van der Waals surface area contributed by atoms with E-state index in [1.54, 1.807) is 24.3 Å². The fourth-order valence-electron chi connectivity index (χ4n) is 3.24. The molecule has 0 heterocycles. The van der Waals surface area contributed by atoms with Crippen molar-refractivity contribution >= 4 is 15.8 Å². The van der Waals surface area contributed by atoms with Crippen molar-refractivity contribution in [2.75, 3.05) is 13.3 Å². The van der Waals surface area contributed by atoms with E-state index >= 15 is 0 Å². The third kappa shape index (κ3) is 4.08. The van der Waals surface area contributed by atoms with Gasteiger partial charge in [0.15, 0.2) is 9.84 Å². The van der Waals surface area contributed by atoms with Gasteiger partial charge in [0.05, 0.1) is 10.8 Å². The first kappa shape index (κ1) is 17.0. The molecule has 0 bridgehead atoms. The first-order valence-electron chi connectivity index (χ1n) is 7.50. The van der Waals surface area contributed by atoms with E-state index in [-0.39, 0.29) is 16.9 Å². The Morgan fingerprint density at radius 2 is 1.82 bits per heavy atom. The molecule has 1 aromatic rings. The summed E-state index contributed by atoms with van der Waals surface area (Å²) in [7, 11) is -1.11. The van der Waals surface area contributed by atoms with Gasteiger partial charge < -0.3 is 5.11 Å². The third-order valence-corrected chi connectivity index (χ3v) is 6.07. The van der Waals surface area contributed by atoms with Crippen LogP contribution in [0.1, 0.15) is 41.6 Å². The van der Waals surface area contributed by atoms with Gasteiger partial charge in [0.2, 0.25) is 0 Å². The van der Waals surface area contributed by atoms with Gasteiger partial charge in [-0.2, -0.15) is 0 Å². The van der Waals surface area contributed by atoms with Gasteiger partial charge >= 0.3 is 5.97 Å². The second kappa shape index (κ2) is 6.79. The van der Waals surface area contributed by atoms with Crippen molar-refractivity contribution in [3.63, 3.8) is 0 Å². The highest BCUT2D eigenvalue weighted by atomic mass is 32.2. The molecule has 1 saturated carbocycles. The zero-order chi connectivity index (χ0) is 16.3. The van der Waals surface area contributed by atoms with Gasteiger partial charge in [-0.05, 0) is 37.6 Å². The minimum atomic E-state index is -3.05. The van der Waals surface area contributed by atoms with Crippen LogP contribution in [0.5, 0.6) is 0 Å². The number of hydrogen-bond acceptors (Lipinski definition) is 4. The van der Waals surface area contributed by atoms with Crippen molar-refractivity contribution in [2.24, 2.45) is 0 Å². The number of sulfone groups is 1. The lowest BCUT2D eigenvalue weighted by Gasteiger charge is -2.37. The van der Waals surface area contributed by atoms with Crippen molar-refractivity contribution in [3.8, 4) is 0 Å². The number of carboxylic acid groups (broad SMARTS) is 1. The topological polar surface area (TPSA) is 74.7 Å². The van der Waals surface area contributed by atoms with Gasteiger partial charge in [0.1, 0.15) is 0 Å². The maximum atomic E-state index is 12.0. The number of aromatic carboxylic acids is 1. The Hall–Kier alpha value is -1.40. The lowest BCUT2D eigenvalue weighted by atomic mass is 9.93. The molecule has 0 saturated heterocycles. The summed E-state index contributed by atoms with van der Waals surface area (Å²) in [5, 5.41) is 8.61. The second-order valence-corrected chi connectivity index (χ2v) is 8.40. The molecule has 22 heavy (non-hydrogen) atoms. The SMILES string of the molecule is CN(Cc1ccc(C(=O)O)cc1)C1CCCCC1S(C)(=O)=O. The monoisotopic (exact) mass is 325 g/mol. The Balaban J connectivity index is 2.09. The molecule has 1 N–H and O–H groups in total. The number of nitrogens with zero attached hydrogens (tertiary/aromatic N) is 1. The summed E-state index contributed by atoms with van der Waals surface area (Å²) < 4.78 is 24.0. The molecule has 5 nitrogen and oxygen atoms in total. The van der Waals surface area contributed by atoms with Crippen LogP contribution in [-0.4, -0.2) is 49.0 Å². The molecule has 122 valence electrons. The Bertz CT molecular complexity index is 624. The predicted molar refractivity (Wildman–Crippen MR) is 85.8 cm³/mol. The highest BCUT2D eigenvalue weighted by Crippen LogP contribution is 2.28. The highest BCUT2D eigenvalue weighted by molar-refractivity contribution is 7.91. The molecule has 0 amide bonds. The van der Waals surface area contributed by atoms with E-state index in [2.05, 4.69) is 4.90 Å². The number of benzene rings is 1. The number of rotatable bonds is 5. The minimum Gasteiger partial charge on any atom is -0.478 e. The fraction of sp³-hybridized carbons (Fsp3) is 0.562. The number of carbonyl (C=O) groups is 1. The molecular weight excluding hydrogens is 302 g/mol. The molecule has 1 aliphatic carbocycles. The predicted octanol–water partition coefficient (Wildman–Crippen LogP) is 2.17. The lowest BCUT2D eigenvalue weighted by molar-refractivity contribution is 0.0697. The molecule has 2 rings (SSSR count). The van der Waals surface area contributed by atoms with Gasteiger partial charge in [-0.15, -0.1) is 0 Å². The number of carboxylic acids is 1. The van der Waals surface area contributed by atoms with Crippen LogP contribution >= 0.6 is 0 Å². The van der Waals surface area contributed by atoms with E-state index in [0.717, 1.165) is 31.2 Å². The highest BCUT2D eigenvalue weighted by Gasteiger charge is 2.34. The lowest BCUT2D eigenvalue weighted by Crippen LogP contribution is -2.46. The van der Waals surface area contributed by atoms with Crippen LogP contribution in [0.25, 0.3) is 0 Å². The minimum absolute atomic E-state index is 0.0305. The van der Waals surface area contributed by atoms with Crippen LogP contribution in [0.15, 0.2) is 24.3 Å². The maximum absolute atomic E-state index is 12.0. The van der Waals surface area contributed by atoms with Gasteiger partial charge in [0, 0.05) is 18.8 Å². The van der Waals surface area contributed by atoms with Gasteiger partial charge in [-0.1, -0.05) is 25.0 Å². The van der Waals surface area contributed by atoms with Crippen LogP contribution < -0.4 is 0 Å². The Labute approximate surface area is 131 Å². The first-order valence-corrected chi connectivity index (χ1v) is 9.46. The zero-order valence-electron chi connectivity index (χ0n) is 13.0. The van der Waals surface area contributed by atoms with Crippen molar-refractivity contribution in [2.45, 2.75) is 43.5 Å². The molecule has 6 heteroatoms. The zero-order valence-corrected chi connectivity index (χ0v) is 13.8. The Morgan fingerprint density at radius 3 is 2.36 bits per heavy atom. The Kier molecular flexibility index (Phi) is 5.24. The summed E-state index contributed by atoms with van der Waals surface area (Å²) >= 11 is 0. The maximum Gasteiger partial charge on any atom is 0.335 e. The molecule has 0 radical (unpaired) electrons. The van der Waals surface area contributed by atoms with E-state index in [9.17, 15) is 13.2 Å². The van der Waals surface area contributed by atoms with E-state index < -0.39 is 15.8 Å². The van der Waals surface area contributed by atoms with Crippen LogP contribution in [0.4, 0.5) is 0 Å². The van der Waals surface area contributed by atoms with E-state index in [0.29, 0.717) is 6.54 Å². The van der Waals surface area contributed by atoms with Crippen LogP contribution in [0.3, 0.4) is 0 Å². The molecule has 2 atom stereocenters. The molecule has 0 aliphatic heterocycles. The molecule has 2 unspecified atom stereocenters. The smallest absolute Gasteiger partial charge is 0.335 e. The normalized spacial score (nSPS) is 22.7. The molecule has 1 aromatic carbocycles. The summed E-state index contributed by atoms with van der Waals surface area (Å²) in [4.78, 5) is 12.9. The summed E-state index contributed by atoms with van der Waals surface area (Å²) in [6, 6.07) is 6.78. The molecule has 1 aliphatic rings. The molecular formula is C16H23NO4S. The average Bonchev–Trinajstić information content (AvgIpc) is 2.47. The first-order chi connectivity index (χ1) is 10.3. The average molecular weight is 325 g/mol. The molecule has 1 fully saturated rings. The van der Waals surface area contributed by atoms with Crippen molar-refractivity contribution < 1.29 is 18.3 Å². The summed E-state index contributed by atoms with van der Waals surface area (Å²) in [5.74, 6) is -0.940. The number of hydrogen-bond donors (Lipinski definition) is 1. The third-order valence-electron chi connectivity index (χ3n) is 4.42. The molecule has 0 spiro atoms. The summed E-state index contributed by atoms with van der Waals surface area (Å²) in [6.07, 6.45) is 4.97. The Morgan fingerprint density at radius 1 is 1.23 bits per heavy atom.